The summed E-state index contributed by atoms with van der Waals surface area (Å²) in [4.78, 5) is 11.0. The zero-order valence-corrected chi connectivity index (χ0v) is 7.18. The van der Waals surface area contributed by atoms with Gasteiger partial charge in [0.15, 0.2) is 0 Å². The molecule has 2 aliphatic carbocycles. The molecule has 0 aromatic heterocycles. The average Bonchev–Trinajstić information content (AvgIpc) is 2.40. The zero-order valence-electron chi connectivity index (χ0n) is 7.18. The van der Waals surface area contributed by atoms with Gasteiger partial charge in [0.1, 0.15) is 0 Å². The Labute approximate surface area is 71.9 Å². The summed E-state index contributed by atoms with van der Waals surface area (Å²) in [7, 11) is 0. The highest BCUT2D eigenvalue weighted by Crippen LogP contribution is 2.71. The molecule has 0 radical (unpaired) electrons. The third-order valence-electron chi connectivity index (χ3n) is 3.85. The van der Waals surface area contributed by atoms with E-state index in [0.717, 1.165) is 19.3 Å². The number of hydrogen-bond acceptors (Lipinski definition) is 2. The van der Waals surface area contributed by atoms with Gasteiger partial charge < -0.3 is 10.8 Å². The molecule has 0 bridgehead atoms. The minimum atomic E-state index is -0.674. The van der Waals surface area contributed by atoms with Crippen LogP contribution in [-0.4, -0.2) is 17.6 Å². The van der Waals surface area contributed by atoms with Crippen LogP contribution < -0.4 is 5.73 Å². The summed E-state index contributed by atoms with van der Waals surface area (Å²) in [5.74, 6) is -0.674. The van der Waals surface area contributed by atoms with Crippen LogP contribution in [-0.2, 0) is 4.79 Å². The fourth-order valence-corrected chi connectivity index (χ4v) is 2.92. The van der Waals surface area contributed by atoms with E-state index in [1.165, 1.54) is 12.8 Å². The first-order valence-electron chi connectivity index (χ1n) is 4.60. The molecule has 2 saturated carbocycles. The SMILES string of the molecule is NC[C@@]1(C(=O)O)CC12CCCC2. The van der Waals surface area contributed by atoms with Gasteiger partial charge in [0.25, 0.3) is 0 Å². The third kappa shape index (κ3) is 0.724. The third-order valence-corrected chi connectivity index (χ3v) is 3.85. The number of aliphatic carboxylic acids is 1. The van der Waals surface area contributed by atoms with Crippen LogP contribution in [0.25, 0.3) is 0 Å². The second kappa shape index (κ2) is 2.22. The Morgan fingerprint density at radius 3 is 2.33 bits per heavy atom. The molecule has 0 aromatic rings. The van der Waals surface area contributed by atoms with E-state index >= 15 is 0 Å². The molecule has 0 aromatic carbocycles. The number of carboxylic acids is 1. The van der Waals surface area contributed by atoms with Crippen molar-refractivity contribution in [3.63, 3.8) is 0 Å². The Morgan fingerprint density at radius 2 is 2.00 bits per heavy atom. The standard InChI is InChI=1S/C9H15NO2/c10-6-9(7(11)12)5-8(9)3-1-2-4-8/h1-6,10H2,(H,11,12)/t9-/m1/s1. The van der Waals surface area contributed by atoms with Crippen LogP contribution >= 0.6 is 0 Å². The number of nitrogens with two attached hydrogens (primary N) is 1. The van der Waals surface area contributed by atoms with Gasteiger partial charge in [-0.1, -0.05) is 12.8 Å². The largest absolute Gasteiger partial charge is 0.481 e. The van der Waals surface area contributed by atoms with Gasteiger partial charge in [-0.15, -0.1) is 0 Å². The highest BCUT2D eigenvalue weighted by Gasteiger charge is 2.71. The lowest BCUT2D eigenvalue weighted by atomic mass is 9.91. The Morgan fingerprint density at radius 1 is 1.42 bits per heavy atom. The van der Waals surface area contributed by atoms with E-state index in [0.29, 0.717) is 6.54 Å². The van der Waals surface area contributed by atoms with Crippen molar-refractivity contribution in [3.05, 3.63) is 0 Å². The smallest absolute Gasteiger partial charge is 0.311 e. The summed E-state index contributed by atoms with van der Waals surface area (Å²) in [6.07, 6.45) is 5.36. The van der Waals surface area contributed by atoms with Crippen LogP contribution in [0.5, 0.6) is 0 Å². The lowest BCUT2D eigenvalue weighted by Gasteiger charge is -2.15. The van der Waals surface area contributed by atoms with Crippen LogP contribution in [0.4, 0.5) is 0 Å². The Kier molecular flexibility index (Phi) is 1.49. The van der Waals surface area contributed by atoms with E-state index in [2.05, 4.69) is 0 Å². The summed E-state index contributed by atoms with van der Waals surface area (Å²) >= 11 is 0. The predicted octanol–water partition coefficient (Wildman–Crippen LogP) is 0.980. The second-order valence-corrected chi connectivity index (χ2v) is 4.26. The van der Waals surface area contributed by atoms with Crippen molar-refractivity contribution >= 4 is 5.97 Å². The molecule has 0 amide bonds. The van der Waals surface area contributed by atoms with Crippen molar-refractivity contribution in [2.45, 2.75) is 32.1 Å². The highest BCUT2D eigenvalue weighted by atomic mass is 16.4. The van der Waals surface area contributed by atoms with E-state index in [1.807, 2.05) is 0 Å². The van der Waals surface area contributed by atoms with E-state index in [4.69, 9.17) is 10.8 Å². The molecule has 1 atom stereocenters. The van der Waals surface area contributed by atoms with Gasteiger partial charge >= 0.3 is 5.97 Å². The summed E-state index contributed by atoms with van der Waals surface area (Å²) < 4.78 is 0. The number of hydrogen-bond donors (Lipinski definition) is 2. The highest BCUT2D eigenvalue weighted by molar-refractivity contribution is 5.80. The Bertz CT molecular complexity index is 221. The molecule has 0 aliphatic heterocycles. The zero-order chi connectivity index (χ0) is 8.82. The normalized spacial score (nSPS) is 37.1. The number of carbonyl (C=O) groups is 1. The molecule has 0 unspecified atom stereocenters. The quantitative estimate of drug-likeness (QED) is 0.647. The van der Waals surface area contributed by atoms with Crippen LogP contribution in [0, 0.1) is 10.8 Å². The molecule has 3 N–H and O–H groups in total. The van der Waals surface area contributed by atoms with Crippen molar-refractivity contribution in [2.24, 2.45) is 16.6 Å². The fraction of sp³-hybridized carbons (Fsp3) is 0.889. The Hall–Kier alpha value is -0.570. The maximum absolute atomic E-state index is 11.0. The molecule has 12 heavy (non-hydrogen) atoms. The van der Waals surface area contributed by atoms with Crippen molar-refractivity contribution < 1.29 is 9.90 Å². The van der Waals surface area contributed by atoms with Crippen LogP contribution in [0.3, 0.4) is 0 Å². The first kappa shape index (κ1) is 8.05. The maximum atomic E-state index is 11.0. The van der Waals surface area contributed by atoms with Crippen molar-refractivity contribution in [1.82, 2.24) is 0 Å². The maximum Gasteiger partial charge on any atom is 0.311 e. The fourth-order valence-electron chi connectivity index (χ4n) is 2.92. The first-order chi connectivity index (χ1) is 5.67. The minimum absolute atomic E-state index is 0.105. The molecule has 3 heteroatoms. The van der Waals surface area contributed by atoms with E-state index < -0.39 is 11.4 Å². The molecule has 1 spiro atoms. The molecule has 0 saturated heterocycles. The van der Waals surface area contributed by atoms with Crippen LogP contribution in [0.2, 0.25) is 0 Å². The molecular formula is C9H15NO2. The van der Waals surface area contributed by atoms with Gasteiger partial charge in [-0.2, -0.15) is 0 Å². The second-order valence-electron chi connectivity index (χ2n) is 4.26. The summed E-state index contributed by atoms with van der Waals surface area (Å²) in [6, 6.07) is 0. The molecule has 68 valence electrons. The van der Waals surface area contributed by atoms with Crippen LogP contribution in [0.1, 0.15) is 32.1 Å². The van der Waals surface area contributed by atoms with E-state index in [1.54, 1.807) is 0 Å². The van der Waals surface area contributed by atoms with Gasteiger partial charge in [-0.25, -0.2) is 0 Å². The molecule has 3 nitrogen and oxygen atoms in total. The summed E-state index contributed by atoms with van der Waals surface area (Å²) in [6.45, 7) is 0.322. The molecule has 2 rings (SSSR count). The topological polar surface area (TPSA) is 63.3 Å². The molecular weight excluding hydrogens is 154 g/mol. The number of rotatable bonds is 2. The van der Waals surface area contributed by atoms with Crippen molar-refractivity contribution in [3.8, 4) is 0 Å². The van der Waals surface area contributed by atoms with Gasteiger partial charge in [0.05, 0.1) is 5.41 Å². The lowest BCUT2D eigenvalue weighted by Crippen LogP contribution is -2.30. The molecule has 2 aliphatic rings. The molecule has 2 fully saturated rings. The molecule has 0 heterocycles. The van der Waals surface area contributed by atoms with Gasteiger partial charge in [-0.3, -0.25) is 4.79 Å². The van der Waals surface area contributed by atoms with Crippen LogP contribution in [0.15, 0.2) is 0 Å². The average molecular weight is 169 g/mol. The number of carboxylic acid groups (broad SMARTS) is 1. The van der Waals surface area contributed by atoms with E-state index in [-0.39, 0.29) is 5.41 Å². The van der Waals surface area contributed by atoms with E-state index in [9.17, 15) is 4.79 Å². The minimum Gasteiger partial charge on any atom is -0.481 e. The summed E-state index contributed by atoms with van der Waals surface area (Å²) in [5, 5.41) is 9.05. The van der Waals surface area contributed by atoms with Gasteiger partial charge in [-0.05, 0) is 24.7 Å². The Balaban J connectivity index is 2.20. The van der Waals surface area contributed by atoms with Gasteiger partial charge in [0, 0.05) is 6.54 Å². The summed E-state index contributed by atoms with van der Waals surface area (Å²) in [5.41, 5.74) is 5.11. The van der Waals surface area contributed by atoms with Crippen molar-refractivity contribution in [2.75, 3.05) is 6.54 Å². The first-order valence-corrected chi connectivity index (χ1v) is 4.60. The lowest BCUT2D eigenvalue weighted by molar-refractivity contribution is -0.144. The predicted molar refractivity (Wildman–Crippen MR) is 44.6 cm³/mol. The van der Waals surface area contributed by atoms with Crippen molar-refractivity contribution in [1.29, 1.82) is 0 Å². The van der Waals surface area contributed by atoms with Gasteiger partial charge in [0.2, 0.25) is 0 Å². The monoisotopic (exact) mass is 169 g/mol.